The normalized spacial score (nSPS) is 10.8. The molecule has 2 N–H and O–H groups in total. The SMILES string of the molecule is O=C(N/N=C/c1cccc(O)c1)c1ccccc1-n1cccc1. The summed E-state index contributed by atoms with van der Waals surface area (Å²) in [6.07, 6.45) is 5.24. The van der Waals surface area contributed by atoms with E-state index in [4.69, 9.17) is 0 Å². The maximum Gasteiger partial charge on any atom is 0.273 e. The van der Waals surface area contributed by atoms with Crippen molar-refractivity contribution in [2.24, 2.45) is 5.10 Å². The van der Waals surface area contributed by atoms with E-state index in [0.29, 0.717) is 11.1 Å². The van der Waals surface area contributed by atoms with E-state index in [2.05, 4.69) is 10.5 Å². The van der Waals surface area contributed by atoms with Crippen LogP contribution in [0.25, 0.3) is 5.69 Å². The van der Waals surface area contributed by atoms with Crippen LogP contribution < -0.4 is 5.43 Å². The first-order chi connectivity index (χ1) is 11.2. The minimum Gasteiger partial charge on any atom is -0.508 e. The molecule has 23 heavy (non-hydrogen) atoms. The van der Waals surface area contributed by atoms with Crippen LogP contribution >= 0.6 is 0 Å². The first-order valence-corrected chi connectivity index (χ1v) is 7.09. The zero-order valence-electron chi connectivity index (χ0n) is 12.3. The fourth-order valence-corrected chi connectivity index (χ4v) is 2.22. The smallest absolute Gasteiger partial charge is 0.273 e. The number of carbonyl (C=O) groups excluding carboxylic acids is 1. The van der Waals surface area contributed by atoms with Crippen LogP contribution in [0, 0.1) is 0 Å². The van der Waals surface area contributed by atoms with Crippen LogP contribution in [0.1, 0.15) is 15.9 Å². The first kappa shape index (κ1) is 14.6. The quantitative estimate of drug-likeness (QED) is 0.575. The van der Waals surface area contributed by atoms with Crippen molar-refractivity contribution in [3.8, 4) is 11.4 Å². The van der Waals surface area contributed by atoms with Crippen molar-refractivity contribution in [2.75, 3.05) is 0 Å². The number of amides is 1. The van der Waals surface area contributed by atoms with E-state index in [1.54, 1.807) is 36.4 Å². The maximum absolute atomic E-state index is 12.3. The third-order valence-corrected chi connectivity index (χ3v) is 3.28. The Bertz CT molecular complexity index is 839. The van der Waals surface area contributed by atoms with Crippen molar-refractivity contribution < 1.29 is 9.90 Å². The number of hydrogen-bond acceptors (Lipinski definition) is 3. The molecule has 0 aliphatic carbocycles. The van der Waals surface area contributed by atoms with Crippen LogP contribution in [0.4, 0.5) is 0 Å². The molecule has 0 bridgehead atoms. The second-order valence-electron chi connectivity index (χ2n) is 4.90. The second-order valence-corrected chi connectivity index (χ2v) is 4.90. The van der Waals surface area contributed by atoms with Crippen LogP contribution in [0.5, 0.6) is 5.75 Å². The Balaban J connectivity index is 1.77. The van der Waals surface area contributed by atoms with E-state index in [9.17, 15) is 9.90 Å². The molecule has 2 aromatic carbocycles. The molecule has 0 spiro atoms. The Morgan fingerprint density at radius 1 is 1.04 bits per heavy atom. The average molecular weight is 305 g/mol. The number of benzene rings is 2. The molecule has 3 rings (SSSR count). The number of phenolic OH excluding ortho intramolecular Hbond substituents is 1. The molecular formula is C18H15N3O2. The lowest BCUT2D eigenvalue weighted by Gasteiger charge is -2.08. The number of hydrogen-bond donors (Lipinski definition) is 2. The number of aromatic hydroxyl groups is 1. The van der Waals surface area contributed by atoms with E-state index >= 15 is 0 Å². The molecule has 114 valence electrons. The summed E-state index contributed by atoms with van der Waals surface area (Å²) in [6.45, 7) is 0. The van der Waals surface area contributed by atoms with Gasteiger partial charge in [-0.15, -0.1) is 0 Å². The molecule has 0 saturated heterocycles. The van der Waals surface area contributed by atoms with Crippen molar-refractivity contribution in [3.05, 3.63) is 84.2 Å². The summed E-state index contributed by atoms with van der Waals surface area (Å²) in [4.78, 5) is 12.3. The average Bonchev–Trinajstić information content (AvgIpc) is 3.09. The van der Waals surface area contributed by atoms with Gasteiger partial charge in [-0.05, 0) is 42.0 Å². The highest BCUT2D eigenvalue weighted by atomic mass is 16.3. The topological polar surface area (TPSA) is 66.6 Å². The number of rotatable bonds is 4. The molecule has 0 saturated carbocycles. The van der Waals surface area contributed by atoms with E-state index < -0.39 is 0 Å². The number of nitrogens with one attached hydrogen (secondary N) is 1. The van der Waals surface area contributed by atoms with E-state index in [-0.39, 0.29) is 11.7 Å². The Hall–Kier alpha value is -3.34. The summed E-state index contributed by atoms with van der Waals surface area (Å²) in [5.41, 5.74) is 4.51. The number of nitrogens with zero attached hydrogens (tertiary/aromatic N) is 2. The molecule has 0 atom stereocenters. The molecule has 5 nitrogen and oxygen atoms in total. The zero-order chi connectivity index (χ0) is 16.1. The highest BCUT2D eigenvalue weighted by molar-refractivity contribution is 5.98. The summed E-state index contributed by atoms with van der Waals surface area (Å²) in [6, 6.07) is 17.7. The second kappa shape index (κ2) is 6.62. The predicted molar refractivity (Wildman–Crippen MR) is 88.9 cm³/mol. The van der Waals surface area contributed by atoms with Gasteiger partial charge in [-0.25, -0.2) is 5.43 Å². The van der Waals surface area contributed by atoms with Crippen molar-refractivity contribution in [1.82, 2.24) is 9.99 Å². The van der Waals surface area contributed by atoms with Gasteiger partial charge >= 0.3 is 0 Å². The Morgan fingerprint density at radius 2 is 1.83 bits per heavy atom. The van der Waals surface area contributed by atoms with Crippen LogP contribution in [0.3, 0.4) is 0 Å². The van der Waals surface area contributed by atoms with Gasteiger partial charge in [0, 0.05) is 12.4 Å². The molecule has 0 unspecified atom stereocenters. The lowest BCUT2D eigenvalue weighted by molar-refractivity contribution is 0.0955. The van der Waals surface area contributed by atoms with E-state index in [0.717, 1.165) is 5.69 Å². The highest BCUT2D eigenvalue weighted by Gasteiger charge is 2.10. The molecule has 0 aliphatic rings. The van der Waals surface area contributed by atoms with Crippen LogP contribution in [0.15, 0.2) is 78.2 Å². The van der Waals surface area contributed by atoms with Crippen LogP contribution in [0.2, 0.25) is 0 Å². The van der Waals surface area contributed by atoms with Gasteiger partial charge in [-0.3, -0.25) is 4.79 Å². The van der Waals surface area contributed by atoms with Gasteiger partial charge in [-0.1, -0.05) is 24.3 Å². The fraction of sp³-hybridized carbons (Fsp3) is 0. The molecule has 1 aromatic heterocycles. The van der Waals surface area contributed by atoms with Gasteiger partial charge in [0.1, 0.15) is 5.75 Å². The van der Waals surface area contributed by atoms with Gasteiger partial charge in [0.2, 0.25) is 0 Å². The molecule has 1 amide bonds. The summed E-state index contributed by atoms with van der Waals surface area (Å²) in [5.74, 6) is -0.149. The molecular weight excluding hydrogens is 290 g/mol. The van der Waals surface area contributed by atoms with E-state index in [1.807, 2.05) is 41.2 Å². The minimum absolute atomic E-state index is 0.151. The van der Waals surface area contributed by atoms with Crippen molar-refractivity contribution in [3.63, 3.8) is 0 Å². The highest BCUT2D eigenvalue weighted by Crippen LogP contribution is 2.14. The standard InChI is InChI=1S/C18H15N3O2/c22-15-7-5-6-14(12-15)13-19-20-18(23)16-8-1-2-9-17(16)21-10-3-4-11-21/h1-13,22H,(H,20,23)/b19-13+. The summed E-state index contributed by atoms with van der Waals surface area (Å²) >= 11 is 0. The molecule has 3 aromatic rings. The Kier molecular flexibility index (Phi) is 4.20. The summed E-state index contributed by atoms with van der Waals surface area (Å²) in [7, 11) is 0. The van der Waals surface area contributed by atoms with Gasteiger partial charge in [0.25, 0.3) is 5.91 Å². The summed E-state index contributed by atoms with van der Waals surface area (Å²) in [5, 5.41) is 13.3. The van der Waals surface area contributed by atoms with Crippen molar-refractivity contribution >= 4 is 12.1 Å². The number of phenols is 1. The minimum atomic E-state index is -0.300. The van der Waals surface area contributed by atoms with Crippen molar-refractivity contribution in [1.29, 1.82) is 0 Å². The predicted octanol–water partition coefficient (Wildman–Crippen LogP) is 2.95. The molecule has 1 heterocycles. The number of hydrazone groups is 1. The van der Waals surface area contributed by atoms with Gasteiger partial charge in [0.05, 0.1) is 17.5 Å². The number of para-hydroxylation sites is 1. The van der Waals surface area contributed by atoms with Crippen molar-refractivity contribution in [2.45, 2.75) is 0 Å². The Morgan fingerprint density at radius 3 is 2.61 bits per heavy atom. The van der Waals surface area contributed by atoms with Gasteiger partial charge < -0.3 is 9.67 Å². The number of carbonyl (C=O) groups is 1. The number of aromatic nitrogens is 1. The third kappa shape index (κ3) is 3.47. The largest absolute Gasteiger partial charge is 0.508 e. The van der Waals surface area contributed by atoms with Gasteiger partial charge in [0.15, 0.2) is 0 Å². The lowest BCUT2D eigenvalue weighted by Crippen LogP contribution is -2.19. The lowest BCUT2D eigenvalue weighted by atomic mass is 10.1. The third-order valence-electron chi connectivity index (χ3n) is 3.28. The van der Waals surface area contributed by atoms with E-state index in [1.165, 1.54) is 6.21 Å². The molecule has 0 radical (unpaired) electrons. The fourth-order valence-electron chi connectivity index (χ4n) is 2.22. The Labute approximate surface area is 133 Å². The maximum atomic E-state index is 12.3. The zero-order valence-corrected chi connectivity index (χ0v) is 12.3. The van der Waals surface area contributed by atoms with Crippen LogP contribution in [-0.2, 0) is 0 Å². The molecule has 0 aliphatic heterocycles. The molecule has 5 heteroatoms. The first-order valence-electron chi connectivity index (χ1n) is 7.09. The summed E-state index contributed by atoms with van der Waals surface area (Å²) < 4.78 is 1.87. The van der Waals surface area contributed by atoms with Crippen LogP contribution in [-0.4, -0.2) is 21.8 Å². The van der Waals surface area contributed by atoms with Gasteiger partial charge in [-0.2, -0.15) is 5.10 Å². The monoisotopic (exact) mass is 305 g/mol. The molecule has 0 fully saturated rings.